The molecule has 6 nitrogen and oxygen atoms in total. The lowest BCUT2D eigenvalue weighted by Gasteiger charge is -2.31. The molecule has 2 aromatic carbocycles. The number of amides is 3. The Kier molecular flexibility index (Phi) is 6.13. The van der Waals surface area contributed by atoms with Crippen LogP contribution in [-0.4, -0.2) is 42.5 Å². The fraction of sp³-hybridized carbons (Fsp3) is 0.391. The van der Waals surface area contributed by atoms with Crippen LogP contribution in [0, 0.1) is 5.92 Å². The third kappa shape index (κ3) is 4.87. The highest BCUT2D eigenvalue weighted by Crippen LogP contribution is 2.36. The van der Waals surface area contributed by atoms with Crippen LogP contribution in [0.3, 0.4) is 0 Å². The van der Waals surface area contributed by atoms with Gasteiger partial charge >= 0.3 is 6.03 Å². The average molecular weight is 427 g/mol. The number of benzene rings is 2. The maximum atomic E-state index is 13.1. The van der Waals surface area contributed by atoms with E-state index >= 15 is 0 Å². The lowest BCUT2D eigenvalue weighted by Crippen LogP contribution is -2.47. The molecule has 3 amide bonds. The Balaban J connectivity index is 1.47. The van der Waals surface area contributed by atoms with Crippen LogP contribution in [0.15, 0.2) is 48.5 Å². The van der Waals surface area contributed by atoms with Crippen molar-refractivity contribution in [2.75, 3.05) is 29.9 Å². The molecule has 2 aliphatic rings. The Morgan fingerprint density at radius 3 is 2.70 bits per heavy atom. The number of carbonyl (C=O) groups is 2. The number of nitrogens with zero attached hydrogens (tertiary/aromatic N) is 2. The highest BCUT2D eigenvalue weighted by Gasteiger charge is 2.34. The molecule has 158 valence electrons. The summed E-state index contributed by atoms with van der Waals surface area (Å²) >= 11 is 6.49. The fourth-order valence-electron chi connectivity index (χ4n) is 3.89. The summed E-state index contributed by atoms with van der Waals surface area (Å²) < 4.78 is 0. The van der Waals surface area contributed by atoms with E-state index in [1.54, 1.807) is 6.07 Å². The van der Waals surface area contributed by atoms with E-state index in [-0.39, 0.29) is 24.5 Å². The molecule has 1 saturated carbocycles. The number of carbonyl (C=O) groups excluding carboxylic acids is 2. The minimum atomic E-state index is -0.126. The summed E-state index contributed by atoms with van der Waals surface area (Å²) in [6.07, 6.45) is 2.34. The second kappa shape index (κ2) is 8.96. The van der Waals surface area contributed by atoms with Gasteiger partial charge in [0.15, 0.2) is 0 Å². The zero-order chi connectivity index (χ0) is 21.1. The summed E-state index contributed by atoms with van der Waals surface area (Å²) in [5.41, 5.74) is 2.56. The monoisotopic (exact) mass is 426 g/mol. The van der Waals surface area contributed by atoms with Crippen molar-refractivity contribution in [3.05, 3.63) is 59.1 Å². The maximum Gasteiger partial charge on any atom is 0.322 e. The first-order chi connectivity index (χ1) is 14.5. The maximum absolute atomic E-state index is 13.1. The van der Waals surface area contributed by atoms with Gasteiger partial charge in [-0.1, -0.05) is 41.9 Å². The second-order valence-electron chi connectivity index (χ2n) is 8.06. The van der Waals surface area contributed by atoms with Gasteiger partial charge in [-0.3, -0.25) is 4.79 Å². The Morgan fingerprint density at radius 2 is 2.03 bits per heavy atom. The number of rotatable bonds is 6. The van der Waals surface area contributed by atoms with Gasteiger partial charge in [0.1, 0.15) is 0 Å². The summed E-state index contributed by atoms with van der Waals surface area (Å²) in [4.78, 5) is 28.7. The number of anilines is 2. The highest BCUT2D eigenvalue weighted by molar-refractivity contribution is 6.33. The van der Waals surface area contributed by atoms with E-state index in [4.69, 9.17) is 11.6 Å². The van der Waals surface area contributed by atoms with E-state index in [0.717, 1.165) is 11.3 Å². The molecule has 0 bridgehead atoms. The molecule has 2 fully saturated rings. The lowest BCUT2D eigenvalue weighted by molar-refractivity contribution is -0.120. The molecule has 0 radical (unpaired) electrons. The van der Waals surface area contributed by atoms with Crippen LogP contribution < -0.4 is 15.5 Å². The third-order valence-electron chi connectivity index (χ3n) is 5.83. The summed E-state index contributed by atoms with van der Waals surface area (Å²) in [5, 5.41) is 6.34. The molecule has 0 aromatic heterocycles. The van der Waals surface area contributed by atoms with Gasteiger partial charge in [0.05, 0.1) is 17.3 Å². The molecular formula is C23H27ClN4O2. The summed E-state index contributed by atoms with van der Waals surface area (Å²) in [5.74, 6) is 0.552. The molecule has 1 heterocycles. The van der Waals surface area contributed by atoms with Crippen LogP contribution in [0.25, 0.3) is 0 Å². The molecule has 1 aliphatic heterocycles. The van der Waals surface area contributed by atoms with E-state index in [1.165, 1.54) is 12.8 Å². The molecule has 2 aromatic rings. The number of nitrogens with one attached hydrogen (secondary N) is 2. The average Bonchev–Trinajstić information content (AvgIpc) is 3.58. The van der Waals surface area contributed by atoms with Crippen molar-refractivity contribution in [1.29, 1.82) is 0 Å². The van der Waals surface area contributed by atoms with Crippen LogP contribution in [0.4, 0.5) is 16.2 Å². The summed E-state index contributed by atoms with van der Waals surface area (Å²) in [6, 6.07) is 15.6. The van der Waals surface area contributed by atoms with Crippen molar-refractivity contribution in [1.82, 2.24) is 10.2 Å². The van der Waals surface area contributed by atoms with Crippen LogP contribution in [-0.2, 0) is 11.3 Å². The number of hydrogen-bond donors (Lipinski definition) is 2. The minimum absolute atomic E-state index is 0.0136. The smallest absolute Gasteiger partial charge is 0.322 e. The first-order valence-electron chi connectivity index (χ1n) is 10.4. The molecule has 0 spiro atoms. The van der Waals surface area contributed by atoms with E-state index in [0.29, 0.717) is 36.3 Å². The number of urea groups is 1. The number of halogens is 1. The predicted molar refractivity (Wildman–Crippen MR) is 120 cm³/mol. The Hall–Kier alpha value is -2.73. The molecule has 7 heteroatoms. The van der Waals surface area contributed by atoms with Gasteiger partial charge < -0.3 is 20.4 Å². The van der Waals surface area contributed by atoms with Crippen molar-refractivity contribution >= 4 is 34.9 Å². The van der Waals surface area contributed by atoms with Gasteiger partial charge in [-0.15, -0.1) is 0 Å². The zero-order valence-corrected chi connectivity index (χ0v) is 17.9. The summed E-state index contributed by atoms with van der Waals surface area (Å²) in [7, 11) is 0. The van der Waals surface area contributed by atoms with E-state index < -0.39 is 0 Å². The quantitative estimate of drug-likeness (QED) is 0.730. The van der Waals surface area contributed by atoms with Gasteiger partial charge in [0.25, 0.3) is 0 Å². The van der Waals surface area contributed by atoms with Gasteiger partial charge in [-0.25, -0.2) is 4.79 Å². The molecule has 1 aliphatic carbocycles. The third-order valence-corrected chi connectivity index (χ3v) is 6.13. The molecule has 1 unspecified atom stereocenters. The zero-order valence-electron chi connectivity index (χ0n) is 17.1. The van der Waals surface area contributed by atoms with Crippen LogP contribution >= 0.6 is 11.6 Å². The Bertz CT molecular complexity index is 917. The molecular weight excluding hydrogens is 400 g/mol. The summed E-state index contributed by atoms with van der Waals surface area (Å²) in [6.45, 7) is 4.29. The second-order valence-corrected chi connectivity index (χ2v) is 8.47. The largest absolute Gasteiger partial charge is 0.359 e. The van der Waals surface area contributed by atoms with E-state index in [1.807, 2.05) is 52.3 Å². The minimum Gasteiger partial charge on any atom is -0.359 e. The standard InChI is InChI=1S/C23H27ClN4O2/c1-16(18-7-8-18)28(14-17-5-3-2-4-6-17)23(30)26-19-9-10-21(20(24)13-19)27-12-11-25-22(29)15-27/h2-6,9-10,13,16,18H,7-8,11-12,14-15H2,1H3,(H,25,29)(H,26,30). The van der Waals surface area contributed by atoms with Crippen LogP contribution in [0.5, 0.6) is 0 Å². The molecule has 30 heavy (non-hydrogen) atoms. The van der Waals surface area contributed by atoms with Crippen molar-refractivity contribution in [2.45, 2.75) is 32.4 Å². The van der Waals surface area contributed by atoms with Gasteiger partial charge in [-0.2, -0.15) is 0 Å². The van der Waals surface area contributed by atoms with Gasteiger partial charge in [0.2, 0.25) is 5.91 Å². The normalized spacial score (nSPS) is 17.3. The SMILES string of the molecule is CC(C1CC1)N(Cc1ccccc1)C(=O)Nc1ccc(N2CCNC(=O)C2)c(Cl)c1. The van der Waals surface area contributed by atoms with Crippen molar-refractivity contribution in [3.8, 4) is 0 Å². The van der Waals surface area contributed by atoms with Gasteiger partial charge in [-0.05, 0) is 49.4 Å². The number of piperazine rings is 1. The highest BCUT2D eigenvalue weighted by atomic mass is 35.5. The molecule has 1 saturated heterocycles. The first kappa shape index (κ1) is 20.5. The topological polar surface area (TPSA) is 64.7 Å². The molecule has 1 atom stereocenters. The fourth-order valence-corrected chi connectivity index (χ4v) is 4.19. The number of hydrogen-bond acceptors (Lipinski definition) is 3. The lowest BCUT2D eigenvalue weighted by atomic mass is 10.1. The van der Waals surface area contributed by atoms with E-state index in [2.05, 4.69) is 17.6 Å². The predicted octanol–water partition coefficient (Wildman–Crippen LogP) is 4.11. The van der Waals surface area contributed by atoms with Crippen molar-refractivity contribution in [2.24, 2.45) is 5.92 Å². The molecule has 2 N–H and O–H groups in total. The van der Waals surface area contributed by atoms with E-state index in [9.17, 15) is 9.59 Å². The van der Waals surface area contributed by atoms with Crippen LogP contribution in [0.1, 0.15) is 25.3 Å². The van der Waals surface area contributed by atoms with Crippen molar-refractivity contribution < 1.29 is 9.59 Å². The Morgan fingerprint density at radius 1 is 1.27 bits per heavy atom. The van der Waals surface area contributed by atoms with Crippen molar-refractivity contribution in [3.63, 3.8) is 0 Å². The first-order valence-corrected chi connectivity index (χ1v) is 10.8. The van der Waals surface area contributed by atoms with Crippen LogP contribution in [0.2, 0.25) is 5.02 Å². The Labute approximate surface area is 182 Å². The van der Waals surface area contributed by atoms with Gasteiger partial charge in [0, 0.05) is 31.4 Å². The molecule has 4 rings (SSSR count).